The van der Waals surface area contributed by atoms with Crippen LogP contribution in [0.2, 0.25) is 0 Å². The SMILES string of the molecule is COC1(OC)C2(Cl)C(Cl)=C(Cl)C1(Cl)C1C2C=C(C)[C@H]1NC(C)=O. The van der Waals surface area contributed by atoms with E-state index >= 15 is 0 Å². The van der Waals surface area contributed by atoms with Crippen molar-refractivity contribution in [1.82, 2.24) is 5.32 Å². The van der Waals surface area contributed by atoms with Crippen LogP contribution in [0, 0.1) is 11.8 Å². The van der Waals surface area contributed by atoms with Gasteiger partial charge >= 0.3 is 0 Å². The Kier molecular flexibility index (Phi) is 4.08. The Morgan fingerprint density at radius 1 is 1.17 bits per heavy atom. The fraction of sp³-hybridized carbons (Fsp3) is 0.667. The summed E-state index contributed by atoms with van der Waals surface area (Å²) in [5.74, 6) is -2.21. The smallest absolute Gasteiger partial charge is 0.218 e. The second-order valence-corrected chi connectivity index (χ2v) is 8.17. The van der Waals surface area contributed by atoms with Gasteiger partial charge in [0.1, 0.15) is 9.75 Å². The molecule has 0 saturated heterocycles. The van der Waals surface area contributed by atoms with Crippen LogP contribution < -0.4 is 5.32 Å². The third-order valence-electron chi connectivity index (χ3n) is 5.32. The molecule has 3 rings (SSSR count). The van der Waals surface area contributed by atoms with Gasteiger partial charge in [0.15, 0.2) is 0 Å². The Morgan fingerprint density at radius 3 is 2.17 bits per heavy atom. The normalized spacial score (nSPS) is 43.7. The van der Waals surface area contributed by atoms with Gasteiger partial charge in [-0.2, -0.15) is 0 Å². The molecule has 4 unspecified atom stereocenters. The molecule has 0 aliphatic heterocycles. The van der Waals surface area contributed by atoms with E-state index < -0.39 is 15.5 Å². The molecule has 8 heteroatoms. The van der Waals surface area contributed by atoms with Crippen molar-refractivity contribution in [2.45, 2.75) is 35.4 Å². The van der Waals surface area contributed by atoms with Gasteiger partial charge in [-0.15, -0.1) is 23.2 Å². The molecule has 1 N–H and O–H groups in total. The molecule has 128 valence electrons. The zero-order valence-electron chi connectivity index (χ0n) is 13.0. The van der Waals surface area contributed by atoms with E-state index in [4.69, 9.17) is 55.9 Å². The summed E-state index contributed by atoms with van der Waals surface area (Å²) in [5.41, 5.74) is 0.960. The van der Waals surface area contributed by atoms with Crippen molar-refractivity contribution in [2.75, 3.05) is 14.2 Å². The zero-order valence-corrected chi connectivity index (χ0v) is 16.1. The van der Waals surface area contributed by atoms with Crippen LogP contribution in [-0.2, 0) is 14.3 Å². The first kappa shape index (κ1) is 17.8. The number of halogens is 4. The molecule has 0 aromatic rings. The van der Waals surface area contributed by atoms with E-state index in [0.29, 0.717) is 0 Å². The molecule has 3 aliphatic carbocycles. The number of nitrogens with one attached hydrogen (secondary N) is 1. The number of carbonyl (C=O) groups is 1. The van der Waals surface area contributed by atoms with Crippen LogP contribution in [0.1, 0.15) is 13.8 Å². The van der Waals surface area contributed by atoms with E-state index in [0.717, 1.165) is 5.57 Å². The summed E-state index contributed by atoms with van der Waals surface area (Å²) in [5, 5.41) is 3.36. The van der Waals surface area contributed by atoms with E-state index in [1.807, 2.05) is 13.0 Å². The molecule has 23 heavy (non-hydrogen) atoms. The van der Waals surface area contributed by atoms with Gasteiger partial charge in [-0.3, -0.25) is 4.79 Å². The summed E-state index contributed by atoms with van der Waals surface area (Å²) in [6, 6.07) is -0.321. The van der Waals surface area contributed by atoms with Gasteiger partial charge in [-0.05, 0) is 6.92 Å². The van der Waals surface area contributed by atoms with Gasteiger partial charge in [0, 0.05) is 33.0 Å². The van der Waals surface area contributed by atoms with Gasteiger partial charge < -0.3 is 14.8 Å². The molecule has 0 radical (unpaired) electrons. The van der Waals surface area contributed by atoms with E-state index in [-0.39, 0.29) is 33.8 Å². The highest BCUT2D eigenvalue weighted by Gasteiger charge is 2.86. The van der Waals surface area contributed by atoms with Gasteiger partial charge in [-0.1, -0.05) is 34.9 Å². The van der Waals surface area contributed by atoms with Crippen LogP contribution >= 0.6 is 46.4 Å². The number of rotatable bonds is 3. The lowest BCUT2D eigenvalue weighted by molar-refractivity contribution is -0.220. The Bertz CT molecular complexity index is 645. The minimum atomic E-state index is -1.43. The Hall–Kier alpha value is 0.0300. The maximum Gasteiger partial charge on any atom is 0.218 e. The molecule has 0 heterocycles. The first-order chi connectivity index (χ1) is 10.6. The minimum absolute atomic E-state index is 0.165. The quantitative estimate of drug-likeness (QED) is 0.449. The lowest BCUT2D eigenvalue weighted by Crippen LogP contribution is -2.59. The fourth-order valence-electron chi connectivity index (χ4n) is 4.53. The van der Waals surface area contributed by atoms with E-state index in [1.165, 1.54) is 21.1 Å². The molecule has 1 saturated carbocycles. The summed E-state index contributed by atoms with van der Waals surface area (Å²) in [4.78, 5) is 9.07. The number of ether oxygens (including phenoxy) is 2. The highest BCUT2D eigenvalue weighted by atomic mass is 35.5. The lowest BCUT2D eigenvalue weighted by atomic mass is 9.81. The highest BCUT2D eigenvalue weighted by Crippen LogP contribution is 2.76. The monoisotopic (exact) mass is 399 g/mol. The maximum atomic E-state index is 11.6. The maximum absolute atomic E-state index is 11.6. The third kappa shape index (κ3) is 1.70. The molecule has 0 spiro atoms. The fourth-order valence-corrected chi connectivity index (χ4v) is 6.73. The molecule has 0 aromatic heterocycles. The van der Waals surface area contributed by atoms with Crippen molar-refractivity contribution >= 4 is 52.3 Å². The lowest BCUT2D eigenvalue weighted by Gasteiger charge is -2.42. The summed E-state index contributed by atoms with van der Waals surface area (Å²) in [6.07, 6.45) is 1.97. The number of hydrogen-bond donors (Lipinski definition) is 1. The molecule has 2 bridgehead atoms. The summed E-state index contributed by atoms with van der Waals surface area (Å²) >= 11 is 26.9. The number of hydrogen-bond acceptors (Lipinski definition) is 3. The van der Waals surface area contributed by atoms with Crippen molar-refractivity contribution in [1.29, 1.82) is 0 Å². The largest absolute Gasteiger partial charge is 0.350 e. The molecular formula is C15H17Cl4NO3. The van der Waals surface area contributed by atoms with Crippen LogP contribution in [0.25, 0.3) is 0 Å². The van der Waals surface area contributed by atoms with Gasteiger partial charge in [0.05, 0.1) is 16.1 Å². The second-order valence-electron chi connectivity index (χ2n) is 6.22. The minimum Gasteiger partial charge on any atom is -0.350 e. The molecule has 1 amide bonds. The Labute approximate surface area is 155 Å². The molecule has 1 fully saturated rings. The number of alkyl halides is 2. The topological polar surface area (TPSA) is 47.6 Å². The van der Waals surface area contributed by atoms with Crippen molar-refractivity contribution < 1.29 is 14.3 Å². The molecule has 5 atom stereocenters. The van der Waals surface area contributed by atoms with Crippen LogP contribution in [-0.4, -0.2) is 41.7 Å². The van der Waals surface area contributed by atoms with Gasteiger partial charge in [-0.25, -0.2) is 0 Å². The summed E-state index contributed by atoms with van der Waals surface area (Å²) in [6.45, 7) is 3.37. The van der Waals surface area contributed by atoms with Crippen molar-refractivity contribution in [3.8, 4) is 0 Å². The molecule has 3 aliphatic rings. The van der Waals surface area contributed by atoms with E-state index in [1.54, 1.807) is 0 Å². The Balaban J connectivity index is 2.24. The Morgan fingerprint density at radius 2 is 1.70 bits per heavy atom. The molecule has 0 aromatic carbocycles. The van der Waals surface area contributed by atoms with Gasteiger partial charge in [0.2, 0.25) is 11.7 Å². The third-order valence-corrected chi connectivity index (χ3v) is 7.96. The summed E-state index contributed by atoms with van der Waals surface area (Å²) in [7, 11) is 2.92. The number of methoxy groups -OCH3 is 2. The number of allylic oxidation sites excluding steroid dienone is 1. The predicted molar refractivity (Wildman–Crippen MR) is 91.0 cm³/mol. The zero-order chi connectivity index (χ0) is 17.4. The van der Waals surface area contributed by atoms with E-state index in [2.05, 4.69) is 5.32 Å². The van der Waals surface area contributed by atoms with Crippen LogP contribution in [0.3, 0.4) is 0 Å². The highest BCUT2D eigenvalue weighted by molar-refractivity contribution is 6.52. The first-order valence-electron chi connectivity index (χ1n) is 7.13. The number of carbonyl (C=O) groups excluding carboxylic acids is 1. The van der Waals surface area contributed by atoms with Crippen LogP contribution in [0.15, 0.2) is 21.7 Å². The molecular weight excluding hydrogens is 384 g/mol. The molecule has 4 nitrogen and oxygen atoms in total. The number of fused-ring (bicyclic) bond motifs is 5. The predicted octanol–water partition coefficient (Wildman–Crippen LogP) is 3.34. The second kappa shape index (κ2) is 5.26. The van der Waals surface area contributed by atoms with Crippen molar-refractivity contribution in [3.05, 3.63) is 21.7 Å². The standard InChI is InChI=1S/C15H17Cl4NO3/c1-6-5-8-9(10(6)20-7(2)21)14(19)12(17)11(16)13(8,18)15(14,22-3)23-4/h5,8-10H,1-4H3,(H,20,21)/t8?,9?,10-,13?,14?/m1/s1. The summed E-state index contributed by atoms with van der Waals surface area (Å²) < 4.78 is 11.3. The average molecular weight is 401 g/mol. The first-order valence-corrected chi connectivity index (χ1v) is 8.64. The van der Waals surface area contributed by atoms with Crippen LogP contribution in [0.4, 0.5) is 0 Å². The van der Waals surface area contributed by atoms with Gasteiger partial charge in [0.25, 0.3) is 0 Å². The van der Waals surface area contributed by atoms with Crippen molar-refractivity contribution in [3.63, 3.8) is 0 Å². The van der Waals surface area contributed by atoms with E-state index in [9.17, 15) is 4.79 Å². The van der Waals surface area contributed by atoms with Crippen LogP contribution in [0.5, 0.6) is 0 Å². The van der Waals surface area contributed by atoms with Crippen molar-refractivity contribution in [2.24, 2.45) is 11.8 Å². The average Bonchev–Trinajstić information content (AvgIpc) is 2.94. The number of amides is 1.